The minimum atomic E-state index is -3.94. The Labute approximate surface area is 177 Å². The van der Waals surface area contributed by atoms with Crippen molar-refractivity contribution in [3.8, 4) is 11.5 Å². The Bertz CT molecular complexity index is 917. The molecule has 2 rings (SSSR count). The molecule has 0 fully saturated rings. The van der Waals surface area contributed by atoms with E-state index in [1.165, 1.54) is 44.7 Å². The zero-order chi connectivity index (χ0) is 21.1. The van der Waals surface area contributed by atoms with Crippen LogP contribution in [-0.4, -0.2) is 28.3 Å². The van der Waals surface area contributed by atoms with Gasteiger partial charge in [-0.15, -0.1) is 0 Å². The number of nitrogens with one attached hydrogen (secondary N) is 1. The minimum Gasteiger partial charge on any atom is -0.495 e. The molecule has 0 radical (unpaired) electrons. The predicted octanol–water partition coefficient (Wildman–Crippen LogP) is 5.01. The molecule has 0 bridgehead atoms. The molecule has 0 saturated carbocycles. The molecule has 158 valence electrons. The maximum absolute atomic E-state index is 12.5. The van der Waals surface area contributed by atoms with Crippen molar-refractivity contribution in [2.45, 2.75) is 43.9 Å². The average Bonchev–Trinajstić information content (AvgIpc) is 2.71. The number of rotatable bonds is 12. The van der Waals surface area contributed by atoms with Crippen molar-refractivity contribution in [3.05, 3.63) is 53.1 Å². The molecule has 0 aliphatic rings. The predicted molar refractivity (Wildman–Crippen MR) is 117 cm³/mol. The molecule has 0 amide bonds. The number of hydrazone groups is 1. The number of nitrogens with zero attached hydrogens (tertiary/aromatic N) is 1. The lowest BCUT2D eigenvalue weighted by atomic mass is 10.2. The third-order valence-corrected chi connectivity index (χ3v) is 5.70. The van der Waals surface area contributed by atoms with Gasteiger partial charge in [0, 0.05) is 10.6 Å². The van der Waals surface area contributed by atoms with E-state index in [0.29, 0.717) is 17.9 Å². The maximum Gasteiger partial charge on any atom is 0.280 e. The number of methoxy groups -OCH3 is 1. The van der Waals surface area contributed by atoms with Crippen LogP contribution in [0.5, 0.6) is 11.5 Å². The number of ether oxygens (including phenoxy) is 2. The molecule has 8 heteroatoms. The second-order valence-corrected chi connectivity index (χ2v) is 8.51. The van der Waals surface area contributed by atoms with Crippen LogP contribution >= 0.6 is 11.6 Å². The first-order valence-electron chi connectivity index (χ1n) is 9.58. The van der Waals surface area contributed by atoms with Gasteiger partial charge < -0.3 is 9.47 Å². The van der Waals surface area contributed by atoms with Crippen molar-refractivity contribution in [2.24, 2.45) is 5.10 Å². The Morgan fingerprint density at radius 2 is 1.83 bits per heavy atom. The maximum atomic E-state index is 12.5. The normalized spacial score (nSPS) is 11.6. The first kappa shape index (κ1) is 23.0. The Balaban J connectivity index is 2.02. The molecule has 6 nitrogen and oxygen atoms in total. The van der Waals surface area contributed by atoms with Crippen LogP contribution in [0.15, 0.2) is 52.5 Å². The molecule has 2 aromatic carbocycles. The first-order valence-corrected chi connectivity index (χ1v) is 11.4. The second kappa shape index (κ2) is 11.7. The van der Waals surface area contributed by atoms with Gasteiger partial charge in [0.05, 0.1) is 19.9 Å². The zero-order valence-electron chi connectivity index (χ0n) is 16.7. The summed E-state index contributed by atoms with van der Waals surface area (Å²) < 4.78 is 36.0. The lowest BCUT2D eigenvalue weighted by Crippen LogP contribution is -2.19. The van der Waals surface area contributed by atoms with Crippen molar-refractivity contribution in [2.75, 3.05) is 13.7 Å². The van der Waals surface area contributed by atoms with Gasteiger partial charge in [0.25, 0.3) is 10.0 Å². The fraction of sp³-hybridized carbons (Fsp3) is 0.381. The topological polar surface area (TPSA) is 77.0 Å². The standard InChI is InChI=1S/C21H27ClN2O4S/c1-3-4-5-6-9-14-28-19-11-8-7-10-17(19)16-23-24-29(25,26)21-15-18(22)12-13-20(21)27-2/h7-8,10-13,15-16,24H,3-6,9,14H2,1-2H3/b23-16+. The van der Waals surface area contributed by atoms with Gasteiger partial charge in [-0.1, -0.05) is 56.3 Å². The molecule has 29 heavy (non-hydrogen) atoms. The summed E-state index contributed by atoms with van der Waals surface area (Å²) in [5, 5.41) is 4.17. The molecule has 2 aromatic rings. The molecule has 0 spiro atoms. The zero-order valence-corrected chi connectivity index (χ0v) is 18.3. The van der Waals surface area contributed by atoms with Crippen LogP contribution in [-0.2, 0) is 10.0 Å². The van der Waals surface area contributed by atoms with Crippen molar-refractivity contribution < 1.29 is 17.9 Å². The Morgan fingerprint density at radius 3 is 2.59 bits per heavy atom. The summed E-state index contributed by atoms with van der Waals surface area (Å²) in [6, 6.07) is 11.7. The monoisotopic (exact) mass is 438 g/mol. The van der Waals surface area contributed by atoms with E-state index in [4.69, 9.17) is 21.1 Å². The van der Waals surface area contributed by atoms with E-state index in [1.807, 2.05) is 24.3 Å². The lowest BCUT2D eigenvalue weighted by molar-refractivity contribution is 0.304. The van der Waals surface area contributed by atoms with E-state index in [2.05, 4.69) is 16.9 Å². The van der Waals surface area contributed by atoms with Gasteiger partial charge in [-0.25, -0.2) is 0 Å². The third kappa shape index (κ3) is 7.25. The highest BCUT2D eigenvalue weighted by molar-refractivity contribution is 7.89. The van der Waals surface area contributed by atoms with E-state index >= 15 is 0 Å². The summed E-state index contributed by atoms with van der Waals surface area (Å²) in [6.45, 7) is 2.79. The van der Waals surface area contributed by atoms with Gasteiger partial charge in [-0.05, 0) is 36.8 Å². The molecular formula is C21H27ClN2O4S. The first-order chi connectivity index (χ1) is 14.0. The van der Waals surface area contributed by atoms with Crippen LogP contribution < -0.4 is 14.3 Å². The minimum absolute atomic E-state index is 0.0822. The molecule has 0 atom stereocenters. The fourth-order valence-electron chi connectivity index (χ4n) is 2.68. The van der Waals surface area contributed by atoms with Crippen LogP contribution in [0.1, 0.15) is 44.6 Å². The molecule has 0 unspecified atom stereocenters. The highest BCUT2D eigenvalue weighted by Crippen LogP contribution is 2.26. The fourth-order valence-corrected chi connectivity index (χ4v) is 3.91. The van der Waals surface area contributed by atoms with Crippen LogP contribution in [0.3, 0.4) is 0 Å². The molecular weight excluding hydrogens is 412 g/mol. The van der Waals surface area contributed by atoms with Crippen molar-refractivity contribution in [1.29, 1.82) is 0 Å². The van der Waals surface area contributed by atoms with Gasteiger partial charge >= 0.3 is 0 Å². The van der Waals surface area contributed by atoms with Crippen molar-refractivity contribution in [1.82, 2.24) is 4.83 Å². The van der Waals surface area contributed by atoms with E-state index in [9.17, 15) is 8.42 Å². The van der Waals surface area contributed by atoms with E-state index in [0.717, 1.165) is 12.8 Å². The highest BCUT2D eigenvalue weighted by Gasteiger charge is 2.19. The van der Waals surface area contributed by atoms with Gasteiger partial charge in [-0.3, -0.25) is 0 Å². The van der Waals surface area contributed by atoms with E-state index in [-0.39, 0.29) is 15.7 Å². The lowest BCUT2D eigenvalue weighted by Gasteiger charge is -2.10. The second-order valence-electron chi connectivity index (χ2n) is 6.45. The number of para-hydroxylation sites is 1. The summed E-state index contributed by atoms with van der Waals surface area (Å²) >= 11 is 5.92. The number of hydrogen-bond acceptors (Lipinski definition) is 5. The number of unbranched alkanes of at least 4 members (excludes halogenated alkanes) is 4. The molecule has 0 aromatic heterocycles. The summed E-state index contributed by atoms with van der Waals surface area (Å²) in [4.78, 5) is 2.11. The number of hydrogen-bond donors (Lipinski definition) is 1. The van der Waals surface area contributed by atoms with Crippen LogP contribution in [0.4, 0.5) is 0 Å². The van der Waals surface area contributed by atoms with Gasteiger partial charge in [0.2, 0.25) is 0 Å². The Morgan fingerprint density at radius 1 is 1.07 bits per heavy atom. The average molecular weight is 439 g/mol. The largest absolute Gasteiger partial charge is 0.495 e. The molecule has 0 saturated heterocycles. The number of benzene rings is 2. The summed E-state index contributed by atoms with van der Waals surface area (Å²) in [5.74, 6) is 0.843. The van der Waals surface area contributed by atoms with Crippen LogP contribution in [0, 0.1) is 0 Å². The van der Waals surface area contributed by atoms with Crippen molar-refractivity contribution in [3.63, 3.8) is 0 Å². The summed E-state index contributed by atoms with van der Waals surface area (Å²) in [5.41, 5.74) is 0.682. The van der Waals surface area contributed by atoms with Gasteiger partial charge in [-0.2, -0.15) is 18.4 Å². The molecule has 0 aliphatic carbocycles. The van der Waals surface area contributed by atoms with E-state index < -0.39 is 10.0 Å². The Hall–Kier alpha value is -2.25. The quantitative estimate of drug-likeness (QED) is 0.287. The Kier molecular flexibility index (Phi) is 9.28. The smallest absolute Gasteiger partial charge is 0.280 e. The molecule has 0 heterocycles. The third-order valence-electron chi connectivity index (χ3n) is 4.22. The summed E-state index contributed by atoms with van der Waals surface area (Å²) in [6.07, 6.45) is 7.18. The van der Waals surface area contributed by atoms with Gasteiger partial charge in [0.15, 0.2) is 0 Å². The number of sulfonamides is 1. The highest BCUT2D eigenvalue weighted by atomic mass is 35.5. The molecule has 0 aliphatic heterocycles. The van der Waals surface area contributed by atoms with E-state index in [1.54, 1.807) is 6.07 Å². The van der Waals surface area contributed by atoms with Crippen molar-refractivity contribution >= 4 is 27.8 Å². The van der Waals surface area contributed by atoms with Crippen LogP contribution in [0.25, 0.3) is 0 Å². The molecule has 1 N–H and O–H groups in total. The van der Waals surface area contributed by atoms with Crippen LogP contribution in [0.2, 0.25) is 5.02 Å². The SMILES string of the molecule is CCCCCCCOc1ccccc1/C=N/NS(=O)(=O)c1cc(Cl)ccc1OC. The number of halogens is 1. The summed E-state index contributed by atoms with van der Waals surface area (Å²) in [7, 11) is -2.55. The van der Waals surface area contributed by atoms with Gasteiger partial charge in [0.1, 0.15) is 16.4 Å².